The van der Waals surface area contributed by atoms with E-state index in [-0.39, 0.29) is 26.1 Å². The van der Waals surface area contributed by atoms with Crippen molar-refractivity contribution in [2.45, 2.75) is 51.7 Å². The molecule has 1 aliphatic rings. The van der Waals surface area contributed by atoms with Gasteiger partial charge in [0.05, 0.1) is 6.61 Å². The highest BCUT2D eigenvalue weighted by Gasteiger charge is 2.73. The number of ketones is 1. The van der Waals surface area contributed by atoms with Crippen LogP contribution in [0.1, 0.15) is 44.2 Å². The van der Waals surface area contributed by atoms with Gasteiger partial charge in [-0.2, -0.15) is 0 Å². The van der Waals surface area contributed by atoms with Gasteiger partial charge in [-0.1, -0.05) is 86.2 Å². The summed E-state index contributed by atoms with van der Waals surface area (Å²) in [7, 11) is 1.38. The Balaban J connectivity index is 2.08. The highest BCUT2D eigenvalue weighted by molar-refractivity contribution is 6.34. The van der Waals surface area contributed by atoms with Crippen molar-refractivity contribution in [3.63, 3.8) is 0 Å². The molecule has 2 unspecified atom stereocenters. The predicted octanol–water partition coefficient (Wildman–Crippen LogP) is 4.05. The molecule has 2 aromatic rings. The lowest BCUT2D eigenvalue weighted by molar-refractivity contribution is -0.164. The Bertz CT molecular complexity index is 1110. The molecule has 2 aromatic carbocycles. The number of hydrogen-bond donors (Lipinski definition) is 0. The Morgan fingerprint density at radius 3 is 2.06 bits per heavy atom. The van der Waals surface area contributed by atoms with Crippen LogP contribution < -0.4 is 0 Å². The summed E-state index contributed by atoms with van der Waals surface area (Å²) in [6.45, 7) is 3.55. The van der Waals surface area contributed by atoms with E-state index in [0.717, 1.165) is 23.3 Å². The zero-order valence-corrected chi connectivity index (χ0v) is 21.1. The molecule has 1 amide bonds. The van der Waals surface area contributed by atoms with Crippen LogP contribution in [-0.2, 0) is 41.7 Å². The quantitative estimate of drug-likeness (QED) is 0.268. The summed E-state index contributed by atoms with van der Waals surface area (Å²) in [6.07, 6.45) is 4.76. The van der Waals surface area contributed by atoms with E-state index in [9.17, 15) is 19.2 Å². The molecule has 0 radical (unpaired) electrons. The van der Waals surface area contributed by atoms with Gasteiger partial charge in [0.15, 0.2) is 5.78 Å². The molecule has 1 fully saturated rings. The largest absolute Gasteiger partial charge is 0.464 e. The van der Waals surface area contributed by atoms with Gasteiger partial charge in [0.1, 0.15) is 6.61 Å². The van der Waals surface area contributed by atoms with Crippen LogP contribution in [0.25, 0.3) is 0 Å². The lowest BCUT2D eigenvalue weighted by Gasteiger charge is -2.32. The number of amides is 1. The maximum absolute atomic E-state index is 14.3. The number of carbonyl (C=O) groups excluding carboxylic acids is 4. The monoisotopic (exact) mass is 491 g/mol. The van der Waals surface area contributed by atoms with Gasteiger partial charge in [-0.15, -0.1) is 0 Å². The molecule has 36 heavy (non-hydrogen) atoms. The fourth-order valence-corrected chi connectivity index (χ4v) is 4.54. The molecular formula is C29H33NO6. The first-order valence-corrected chi connectivity index (χ1v) is 12.2. The molecule has 0 saturated carbocycles. The van der Waals surface area contributed by atoms with Crippen LogP contribution in [-0.4, -0.2) is 47.7 Å². The second-order valence-corrected chi connectivity index (χ2v) is 8.87. The molecule has 190 valence electrons. The van der Waals surface area contributed by atoms with Crippen molar-refractivity contribution < 1.29 is 28.7 Å². The predicted molar refractivity (Wildman–Crippen MR) is 135 cm³/mol. The summed E-state index contributed by atoms with van der Waals surface area (Å²) in [6, 6.07) is 17.9. The molecule has 0 bridgehead atoms. The van der Waals surface area contributed by atoms with Gasteiger partial charge in [0, 0.05) is 13.5 Å². The number of nitrogens with zero attached hydrogens (tertiary/aromatic N) is 1. The van der Waals surface area contributed by atoms with Crippen molar-refractivity contribution in [3.05, 3.63) is 83.9 Å². The van der Waals surface area contributed by atoms with Crippen molar-refractivity contribution in [1.29, 1.82) is 0 Å². The van der Waals surface area contributed by atoms with E-state index in [1.54, 1.807) is 61.5 Å². The van der Waals surface area contributed by atoms with E-state index in [1.807, 2.05) is 25.1 Å². The van der Waals surface area contributed by atoms with Crippen LogP contribution in [0.5, 0.6) is 0 Å². The van der Waals surface area contributed by atoms with Gasteiger partial charge < -0.3 is 14.4 Å². The maximum Gasteiger partial charge on any atom is 0.340 e. The maximum atomic E-state index is 14.3. The average Bonchev–Trinajstić information content (AvgIpc) is 3.06. The Morgan fingerprint density at radius 2 is 1.47 bits per heavy atom. The molecule has 0 N–H and O–H groups in total. The van der Waals surface area contributed by atoms with Crippen molar-refractivity contribution in [2.24, 2.45) is 5.41 Å². The summed E-state index contributed by atoms with van der Waals surface area (Å²) >= 11 is 0. The molecule has 7 nitrogen and oxygen atoms in total. The fourth-order valence-electron chi connectivity index (χ4n) is 4.54. The average molecular weight is 492 g/mol. The molecule has 1 aliphatic heterocycles. The van der Waals surface area contributed by atoms with Gasteiger partial charge in [0.25, 0.3) is 0 Å². The van der Waals surface area contributed by atoms with E-state index in [0.29, 0.717) is 5.56 Å². The lowest BCUT2D eigenvalue weighted by atomic mass is 9.74. The SMILES string of the molecule is CCC/C=C/CC1(C(=O)OCc2ccccc2)C(=O)N(C)C(Cc2ccccc2)(C(=O)OCC)C1=O. The van der Waals surface area contributed by atoms with Gasteiger partial charge in [-0.25, -0.2) is 4.79 Å². The molecule has 0 spiro atoms. The summed E-state index contributed by atoms with van der Waals surface area (Å²) in [4.78, 5) is 56.2. The normalized spacial score (nSPS) is 21.7. The van der Waals surface area contributed by atoms with Gasteiger partial charge in [0.2, 0.25) is 16.9 Å². The first-order valence-electron chi connectivity index (χ1n) is 12.2. The van der Waals surface area contributed by atoms with Crippen LogP contribution in [0.3, 0.4) is 0 Å². The van der Waals surface area contributed by atoms with E-state index in [2.05, 4.69) is 0 Å². The number of hydrogen-bond acceptors (Lipinski definition) is 6. The standard InChI is InChI=1S/C29H33NO6/c1-4-6-7-14-19-28(26(33)36-21-23-17-12-9-13-18-23)24(31)29(27(34)35-5-2,30(3)25(28)32)20-22-15-10-8-11-16-22/h7-18H,4-6,19-21H2,1-3H3/b14-7+. The number of Topliss-reactive ketones (excluding diaryl/α,β-unsaturated/α-hetero) is 1. The fraction of sp³-hybridized carbons (Fsp3) is 0.379. The van der Waals surface area contributed by atoms with Crippen LogP contribution >= 0.6 is 0 Å². The Labute approximate surface area is 212 Å². The molecule has 2 atom stereocenters. The van der Waals surface area contributed by atoms with E-state index in [4.69, 9.17) is 9.47 Å². The van der Waals surface area contributed by atoms with Crippen LogP contribution in [0, 0.1) is 5.41 Å². The van der Waals surface area contributed by atoms with Gasteiger partial charge in [-0.3, -0.25) is 14.4 Å². The van der Waals surface area contributed by atoms with E-state index >= 15 is 0 Å². The topological polar surface area (TPSA) is 90.0 Å². The molecule has 1 saturated heterocycles. The van der Waals surface area contributed by atoms with Crippen molar-refractivity contribution in [1.82, 2.24) is 4.90 Å². The summed E-state index contributed by atoms with van der Waals surface area (Å²) < 4.78 is 10.9. The van der Waals surface area contributed by atoms with Crippen LogP contribution in [0.2, 0.25) is 0 Å². The second kappa shape index (κ2) is 11.8. The minimum absolute atomic E-state index is 0.0204. The number of rotatable bonds is 11. The zero-order chi connectivity index (χ0) is 26.2. The minimum Gasteiger partial charge on any atom is -0.464 e. The summed E-state index contributed by atoms with van der Waals surface area (Å²) in [5, 5.41) is 0. The number of likely N-dealkylation sites (tertiary alicyclic amines) is 1. The number of unbranched alkanes of at least 4 members (excludes halogenated alkanes) is 1. The van der Waals surface area contributed by atoms with Crippen molar-refractivity contribution >= 4 is 23.6 Å². The van der Waals surface area contributed by atoms with Crippen LogP contribution in [0.15, 0.2) is 72.8 Å². The number of carbonyl (C=O) groups is 4. The van der Waals surface area contributed by atoms with Crippen molar-refractivity contribution in [2.75, 3.05) is 13.7 Å². The molecule has 0 aliphatic carbocycles. The third-order valence-corrected chi connectivity index (χ3v) is 6.53. The molecule has 1 heterocycles. The Kier molecular flexibility index (Phi) is 8.80. The first kappa shape index (κ1) is 26.9. The molecule has 0 aromatic heterocycles. The highest BCUT2D eigenvalue weighted by atomic mass is 16.5. The zero-order valence-electron chi connectivity index (χ0n) is 21.1. The third-order valence-electron chi connectivity index (χ3n) is 6.53. The first-order chi connectivity index (χ1) is 17.3. The summed E-state index contributed by atoms with van der Waals surface area (Å²) in [5.74, 6) is -3.40. The number of allylic oxidation sites excluding steroid dienone is 2. The minimum atomic E-state index is -2.19. The number of benzene rings is 2. The Morgan fingerprint density at radius 1 is 0.861 bits per heavy atom. The van der Waals surface area contributed by atoms with E-state index in [1.165, 1.54) is 7.05 Å². The highest BCUT2D eigenvalue weighted by Crippen LogP contribution is 2.45. The molecule has 3 rings (SSSR count). The Hall–Kier alpha value is -3.74. The van der Waals surface area contributed by atoms with Gasteiger partial charge >= 0.3 is 11.9 Å². The number of likely N-dealkylation sites (N-methyl/N-ethyl adjacent to an activating group) is 1. The van der Waals surface area contributed by atoms with Crippen molar-refractivity contribution in [3.8, 4) is 0 Å². The molecular weight excluding hydrogens is 458 g/mol. The van der Waals surface area contributed by atoms with E-state index < -0.39 is 34.6 Å². The van der Waals surface area contributed by atoms with Gasteiger partial charge in [-0.05, 0) is 30.9 Å². The lowest BCUT2D eigenvalue weighted by Crippen LogP contribution is -2.57. The number of ether oxygens (including phenoxy) is 2. The second-order valence-electron chi connectivity index (χ2n) is 8.87. The third kappa shape index (κ3) is 4.96. The smallest absolute Gasteiger partial charge is 0.340 e. The van der Waals surface area contributed by atoms with Crippen LogP contribution in [0.4, 0.5) is 0 Å². The number of esters is 2. The summed E-state index contributed by atoms with van der Waals surface area (Å²) in [5.41, 5.74) is -2.79. The molecule has 7 heteroatoms.